The smallest absolute Gasteiger partial charge is 0.244 e. The van der Waals surface area contributed by atoms with E-state index in [1.54, 1.807) is 24.3 Å². The lowest BCUT2D eigenvalue weighted by Crippen LogP contribution is -2.41. The van der Waals surface area contributed by atoms with E-state index in [-0.39, 0.29) is 11.9 Å². The number of nitrogens with one attached hydrogen (secondary N) is 1. The second-order valence-electron chi connectivity index (χ2n) is 5.52. The number of carbonyl (C=O) groups is 1. The molecule has 0 aromatic heterocycles. The third kappa shape index (κ3) is 5.18. The summed E-state index contributed by atoms with van der Waals surface area (Å²) >= 11 is 11.9. The Bertz CT molecular complexity index is 487. The highest BCUT2D eigenvalue weighted by Crippen LogP contribution is 2.22. The Hall–Kier alpha value is -0.990. The Morgan fingerprint density at radius 1 is 1.15 bits per heavy atom. The molecule has 110 valence electrons. The van der Waals surface area contributed by atoms with E-state index in [0.717, 1.165) is 5.56 Å². The van der Waals surface area contributed by atoms with Gasteiger partial charge in [0.2, 0.25) is 5.91 Å². The second kappa shape index (κ2) is 7.70. The maximum Gasteiger partial charge on any atom is 0.244 e. The predicted octanol–water partition coefficient (Wildman–Crippen LogP) is 4.80. The van der Waals surface area contributed by atoms with E-state index in [9.17, 15) is 4.79 Å². The van der Waals surface area contributed by atoms with Crippen molar-refractivity contribution in [3.05, 3.63) is 39.9 Å². The van der Waals surface area contributed by atoms with Gasteiger partial charge in [-0.05, 0) is 35.6 Å². The highest BCUT2D eigenvalue weighted by molar-refractivity contribution is 6.35. The Morgan fingerprint density at radius 2 is 1.75 bits per heavy atom. The van der Waals surface area contributed by atoms with Crippen molar-refractivity contribution in [1.82, 2.24) is 5.32 Å². The quantitative estimate of drug-likeness (QED) is 0.777. The van der Waals surface area contributed by atoms with Crippen molar-refractivity contribution in [2.45, 2.75) is 33.7 Å². The molecule has 4 heteroatoms. The monoisotopic (exact) mass is 313 g/mol. The van der Waals surface area contributed by atoms with Crippen molar-refractivity contribution < 1.29 is 4.79 Å². The van der Waals surface area contributed by atoms with Gasteiger partial charge >= 0.3 is 0 Å². The average molecular weight is 314 g/mol. The summed E-state index contributed by atoms with van der Waals surface area (Å²) in [6.45, 7) is 8.41. The fraction of sp³-hybridized carbons (Fsp3) is 0.438. The number of amides is 1. The highest BCUT2D eigenvalue weighted by Gasteiger charge is 2.18. The molecular formula is C16H21Cl2NO. The van der Waals surface area contributed by atoms with Crippen LogP contribution in [0.2, 0.25) is 10.0 Å². The van der Waals surface area contributed by atoms with Gasteiger partial charge in [0.25, 0.3) is 0 Å². The summed E-state index contributed by atoms with van der Waals surface area (Å²) in [5.74, 6) is 0.682. The minimum Gasteiger partial charge on any atom is -0.349 e. The van der Waals surface area contributed by atoms with Crippen LogP contribution in [0.1, 0.15) is 33.3 Å². The summed E-state index contributed by atoms with van der Waals surface area (Å²) in [7, 11) is 0. The topological polar surface area (TPSA) is 29.1 Å². The lowest BCUT2D eigenvalue weighted by Gasteiger charge is -2.25. The average Bonchev–Trinajstić information content (AvgIpc) is 2.34. The Balaban J connectivity index is 2.72. The molecule has 0 saturated carbocycles. The minimum atomic E-state index is -0.108. The standard InChI is InChI=1S/C16H21Cl2NO/c1-10(2)16(11(3)4)19-15(20)8-6-12-5-7-13(17)9-14(12)18/h5-11,16H,1-4H3,(H,19,20). The van der Waals surface area contributed by atoms with Crippen LogP contribution in [-0.2, 0) is 4.79 Å². The third-order valence-corrected chi connectivity index (χ3v) is 3.68. The van der Waals surface area contributed by atoms with Crippen LogP contribution in [-0.4, -0.2) is 11.9 Å². The van der Waals surface area contributed by atoms with Crippen LogP contribution in [0, 0.1) is 11.8 Å². The normalized spacial score (nSPS) is 11.8. The number of hydrogen-bond acceptors (Lipinski definition) is 1. The fourth-order valence-corrected chi connectivity index (χ4v) is 2.59. The highest BCUT2D eigenvalue weighted by atomic mass is 35.5. The van der Waals surface area contributed by atoms with Gasteiger partial charge in [-0.3, -0.25) is 4.79 Å². The zero-order valence-corrected chi connectivity index (χ0v) is 13.8. The summed E-state index contributed by atoms with van der Waals surface area (Å²) in [5.41, 5.74) is 0.775. The molecule has 1 aromatic carbocycles. The molecule has 0 unspecified atom stereocenters. The molecule has 0 aliphatic carbocycles. The molecule has 0 aliphatic rings. The van der Waals surface area contributed by atoms with Crippen molar-refractivity contribution in [2.75, 3.05) is 0 Å². The number of rotatable bonds is 5. The predicted molar refractivity (Wildman–Crippen MR) is 87.1 cm³/mol. The Morgan fingerprint density at radius 3 is 2.25 bits per heavy atom. The van der Waals surface area contributed by atoms with Crippen molar-refractivity contribution in [1.29, 1.82) is 0 Å². The molecule has 0 spiro atoms. The van der Waals surface area contributed by atoms with Crippen LogP contribution in [0.25, 0.3) is 6.08 Å². The lowest BCUT2D eigenvalue weighted by molar-refractivity contribution is -0.117. The molecule has 0 radical (unpaired) electrons. The summed E-state index contributed by atoms with van der Waals surface area (Å²) in [6.07, 6.45) is 3.21. The van der Waals surface area contributed by atoms with Gasteiger partial charge in [0.05, 0.1) is 0 Å². The van der Waals surface area contributed by atoms with Gasteiger partial charge in [-0.25, -0.2) is 0 Å². The van der Waals surface area contributed by atoms with E-state index < -0.39 is 0 Å². The van der Waals surface area contributed by atoms with Crippen molar-refractivity contribution in [3.63, 3.8) is 0 Å². The van der Waals surface area contributed by atoms with Gasteiger partial charge in [0.15, 0.2) is 0 Å². The molecule has 20 heavy (non-hydrogen) atoms. The molecular weight excluding hydrogens is 293 g/mol. The zero-order valence-electron chi connectivity index (χ0n) is 12.3. The number of halogens is 2. The van der Waals surface area contributed by atoms with Crippen LogP contribution >= 0.6 is 23.2 Å². The maximum absolute atomic E-state index is 11.9. The maximum atomic E-state index is 11.9. The van der Waals surface area contributed by atoms with Gasteiger partial charge in [-0.15, -0.1) is 0 Å². The van der Waals surface area contributed by atoms with Gasteiger partial charge in [-0.2, -0.15) is 0 Å². The second-order valence-corrected chi connectivity index (χ2v) is 6.37. The van der Waals surface area contributed by atoms with E-state index in [2.05, 4.69) is 33.0 Å². The first-order valence-electron chi connectivity index (χ1n) is 6.75. The summed E-state index contributed by atoms with van der Waals surface area (Å²) < 4.78 is 0. The molecule has 0 heterocycles. The molecule has 0 aliphatic heterocycles. The third-order valence-electron chi connectivity index (χ3n) is 3.12. The van der Waals surface area contributed by atoms with E-state index in [1.807, 2.05) is 0 Å². The minimum absolute atomic E-state index is 0.108. The number of carbonyl (C=O) groups excluding carboxylic acids is 1. The van der Waals surface area contributed by atoms with Gasteiger partial charge in [0, 0.05) is 22.2 Å². The molecule has 0 saturated heterocycles. The fourth-order valence-electron chi connectivity index (χ4n) is 2.12. The van der Waals surface area contributed by atoms with Gasteiger partial charge in [0.1, 0.15) is 0 Å². The van der Waals surface area contributed by atoms with Crippen LogP contribution in [0.3, 0.4) is 0 Å². The van der Waals surface area contributed by atoms with Crippen LogP contribution in [0.5, 0.6) is 0 Å². The molecule has 1 amide bonds. The van der Waals surface area contributed by atoms with Crippen LogP contribution in [0.15, 0.2) is 24.3 Å². The molecule has 2 nitrogen and oxygen atoms in total. The van der Waals surface area contributed by atoms with E-state index >= 15 is 0 Å². The van der Waals surface area contributed by atoms with Crippen LogP contribution in [0.4, 0.5) is 0 Å². The van der Waals surface area contributed by atoms with E-state index in [1.165, 1.54) is 6.08 Å². The largest absolute Gasteiger partial charge is 0.349 e. The van der Waals surface area contributed by atoms with E-state index in [0.29, 0.717) is 21.9 Å². The molecule has 0 atom stereocenters. The van der Waals surface area contributed by atoms with Gasteiger partial charge in [-0.1, -0.05) is 57.0 Å². The Kier molecular flexibility index (Phi) is 6.57. The molecule has 1 aromatic rings. The molecule has 1 rings (SSSR count). The summed E-state index contributed by atoms with van der Waals surface area (Å²) in [5, 5.41) is 4.14. The molecule has 0 bridgehead atoms. The number of hydrogen-bond donors (Lipinski definition) is 1. The van der Waals surface area contributed by atoms with E-state index in [4.69, 9.17) is 23.2 Å². The van der Waals surface area contributed by atoms with Gasteiger partial charge < -0.3 is 5.32 Å². The molecule has 0 fully saturated rings. The first-order valence-corrected chi connectivity index (χ1v) is 7.50. The molecule has 1 N–H and O–H groups in total. The number of benzene rings is 1. The summed E-state index contributed by atoms with van der Waals surface area (Å²) in [6, 6.07) is 5.35. The first kappa shape index (κ1) is 17.1. The zero-order chi connectivity index (χ0) is 15.3. The van der Waals surface area contributed by atoms with Crippen molar-refractivity contribution in [3.8, 4) is 0 Å². The first-order chi connectivity index (χ1) is 9.31. The van der Waals surface area contributed by atoms with Crippen molar-refractivity contribution >= 4 is 35.2 Å². The Labute approximate surface area is 131 Å². The SMILES string of the molecule is CC(C)C(NC(=O)C=Cc1ccc(Cl)cc1Cl)C(C)C. The lowest BCUT2D eigenvalue weighted by atomic mass is 9.93. The summed E-state index contributed by atoms with van der Waals surface area (Å²) in [4.78, 5) is 11.9. The van der Waals surface area contributed by atoms with Crippen molar-refractivity contribution in [2.24, 2.45) is 11.8 Å². The van der Waals surface area contributed by atoms with Crippen LogP contribution < -0.4 is 5.32 Å².